The average Bonchev–Trinajstić information content (AvgIpc) is 3.54. The highest BCUT2D eigenvalue weighted by atomic mass is 35.5. The summed E-state index contributed by atoms with van der Waals surface area (Å²) in [5.41, 5.74) is 4.26. The van der Waals surface area contributed by atoms with Crippen molar-refractivity contribution in [3.8, 4) is 12.1 Å². The van der Waals surface area contributed by atoms with Gasteiger partial charge in [0.15, 0.2) is 0 Å². The lowest BCUT2D eigenvalue weighted by atomic mass is 9.69. The van der Waals surface area contributed by atoms with Gasteiger partial charge in [0.2, 0.25) is 0 Å². The first-order chi connectivity index (χ1) is 20.6. The van der Waals surface area contributed by atoms with E-state index in [9.17, 15) is 10.1 Å². The number of benzene rings is 1. The van der Waals surface area contributed by atoms with Crippen molar-refractivity contribution in [1.29, 1.82) is 5.26 Å². The molecule has 3 atom stereocenters. The topological polar surface area (TPSA) is 94.8 Å². The molecular formula is C33H43ClN6O3. The number of ether oxygens (including phenoxy) is 2. The first kappa shape index (κ1) is 30.0. The van der Waals surface area contributed by atoms with E-state index in [1.165, 1.54) is 17.5 Å². The fraction of sp³-hybridized carbons (Fsp3) is 0.636. The van der Waals surface area contributed by atoms with Crippen molar-refractivity contribution >= 4 is 23.5 Å². The normalized spacial score (nSPS) is 25.4. The number of carbonyl (C=O) groups excluding carboxylic acids is 1. The van der Waals surface area contributed by atoms with Gasteiger partial charge in [0.1, 0.15) is 18.0 Å². The smallest absolute Gasteiger partial charge is 0.410 e. The van der Waals surface area contributed by atoms with E-state index in [4.69, 9.17) is 31.0 Å². The maximum atomic E-state index is 13.1. The Hall–Kier alpha value is -3.09. The van der Waals surface area contributed by atoms with Crippen molar-refractivity contribution in [1.82, 2.24) is 19.8 Å². The summed E-state index contributed by atoms with van der Waals surface area (Å²) in [5, 5.41) is 10.5. The molecule has 4 aliphatic rings. The molecule has 1 spiro atoms. The molecule has 0 N–H and O–H groups in total. The standard InChI is InChI=1S/C33H43ClN6O3/c1-32(2,3)43-31(41)40-18-17-39(20-22(40)12-15-35)29-25-11-14-33(13-10-24-26(33)8-5-9-27(24)34)19-28(25)36-30(37-29)42-21-23-7-6-16-38(23)4/h5,8-9,22-23H,6-7,10-14,16-21H2,1-4H3/t22-,23-,33?/m0/s1. The molecule has 0 radical (unpaired) electrons. The first-order valence-electron chi connectivity index (χ1n) is 15.7. The van der Waals surface area contributed by atoms with Gasteiger partial charge in [-0.3, -0.25) is 0 Å². The van der Waals surface area contributed by atoms with E-state index < -0.39 is 5.60 Å². The minimum Gasteiger partial charge on any atom is -0.462 e. The molecule has 2 aromatic rings. The number of fused-ring (bicyclic) bond motifs is 3. The van der Waals surface area contributed by atoms with Gasteiger partial charge in [0.25, 0.3) is 0 Å². The van der Waals surface area contributed by atoms with Crippen LogP contribution in [0.25, 0.3) is 0 Å². The molecule has 10 heteroatoms. The Kier molecular flexibility index (Phi) is 8.20. The number of amides is 1. The van der Waals surface area contributed by atoms with Crippen molar-refractivity contribution in [3.05, 3.63) is 45.6 Å². The molecule has 0 saturated carbocycles. The van der Waals surface area contributed by atoms with E-state index in [1.807, 2.05) is 26.8 Å². The minimum atomic E-state index is -0.601. The molecule has 3 heterocycles. The van der Waals surface area contributed by atoms with Crippen molar-refractivity contribution in [2.45, 2.75) is 95.2 Å². The fourth-order valence-electron chi connectivity index (χ4n) is 7.50. The highest BCUT2D eigenvalue weighted by Gasteiger charge is 2.44. The second-order valence-corrected chi connectivity index (χ2v) is 14.1. The third kappa shape index (κ3) is 6.01. The van der Waals surface area contributed by atoms with Crippen LogP contribution < -0.4 is 9.64 Å². The number of hydrogen-bond acceptors (Lipinski definition) is 8. The molecule has 1 unspecified atom stereocenters. The number of piperazine rings is 1. The molecule has 9 nitrogen and oxygen atoms in total. The van der Waals surface area contributed by atoms with Crippen LogP contribution in [0.4, 0.5) is 10.6 Å². The third-order valence-corrected chi connectivity index (χ3v) is 10.1. The Morgan fingerprint density at radius 1 is 1.14 bits per heavy atom. The number of hydrogen-bond donors (Lipinski definition) is 0. The number of likely N-dealkylation sites (tertiary alicyclic amines) is 1. The molecule has 6 rings (SSSR count). The highest BCUT2D eigenvalue weighted by Crippen LogP contribution is 2.50. The SMILES string of the molecule is CN1CCC[C@H]1COc1nc2c(c(N3CCN(C(=O)OC(C)(C)C)[C@@H](CC#N)C3)n1)CCC1(CCc3c(Cl)cccc31)C2. The number of aromatic nitrogens is 2. The quantitative estimate of drug-likeness (QED) is 0.452. The summed E-state index contributed by atoms with van der Waals surface area (Å²) in [6, 6.07) is 9.08. The van der Waals surface area contributed by atoms with Gasteiger partial charge in [-0.2, -0.15) is 15.2 Å². The average molecular weight is 607 g/mol. The van der Waals surface area contributed by atoms with Crippen LogP contribution in [-0.2, 0) is 29.4 Å². The Bertz CT molecular complexity index is 1420. The monoisotopic (exact) mass is 606 g/mol. The summed E-state index contributed by atoms with van der Waals surface area (Å²) >= 11 is 6.63. The number of rotatable bonds is 5. The van der Waals surface area contributed by atoms with Gasteiger partial charge in [-0.1, -0.05) is 23.7 Å². The summed E-state index contributed by atoms with van der Waals surface area (Å²) in [4.78, 5) is 29.4. The lowest BCUT2D eigenvalue weighted by Crippen LogP contribution is -2.56. The Morgan fingerprint density at radius 3 is 2.65 bits per heavy atom. The number of nitriles is 1. The fourth-order valence-corrected chi connectivity index (χ4v) is 7.77. The summed E-state index contributed by atoms with van der Waals surface area (Å²) < 4.78 is 12.0. The summed E-state index contributed by atoms with van der Waals surface area (Å²) in [7, 11) is 2.14. The first-order valence-corrected chi connectivity index (χ1v) is 16.1. The van der Waals surface area contributed by atoms with Crippen LogP contribution in [0.5, 0.6) is 6.01 Å². The van der Waals surface area contributed by atoms with E-state index in [1.54, 1.807) is 4.90 Å². The molecule has 1 aromatic heterocycles. The number of likely N-dealkylation sites (N-methyl/N-ethyl adjacent to an activating group) is 1. The van der Waals surface area contributed by atoms with Crippen molar-refractivity contribution < 1.29 is 14.3 Å². The Morgan fingerprint density at radius 2 is 1.93 bits per heavy atom. The zero-order chi connectivity index (χ0) is 30.4. The predicted octanol–water partition coefficient (Wildman–Crippen LogP) is 5.32. The maximum Gasteiger partial charge on any atom is 0.410 e. The predicted molar refractivity (Wildman–Crippen MR) is 166 cm³/mol. The van der Waals surface area contributed by atoms with Crippen LogP contribution in [-0.4, -0.2) is 83.4 Å². The molecule has 1 aromatic carbocycles. The van der Waals surface area contributed by atoms with E-state index in [2.05, 4.69) is 35.0 Å². The molecule has 2 aliphatic carbocycles. The van der Waals surface area contributed by atoms with Gasteiger partial charge in [-0.05, 0) is 96.5 Å². The van der Waals surface area contributed by atoms with Gasteiger partial charge >= 0.3 is 12.1 Å². The number of halogens is 1. The maximum absolute atomic E-state index is 13.1. The van der Waals surface area contributed by atoms with Gasteiger partial charge in [-0.25, -0.2) is 4.79 Å². The van der Waals surface area contributed by atoms with E-state index in [0.717, 1.165) is 67.2 Å². The Balaban J connectivity index is 1.31. The molecule has 1 amide bonds. The second kappa shape index (κ2) is 11.8. The van der Waals surface area contributed by atoms with Crippen LogP contribution in [0, 0.1) is 11.3 Å². The number of nitrogens with zero attached hydrogens (tertiary/aromatic N) is 6. The zero-order valence-corrected chi connectivity index (χ0v) is 26.6. The van der Waals surface area contributed by atoms with Crippen molar-refractivity contribution in [3.63, 3.8) is 0 Å². The lowest BCUT2D eigenvalue weighted by Gasteiger charge is -2.43. The van der Waals surface area contributed by atoms with Crippen LogP contribution in [0.3, 0.4) is 0 Å². The number of anilines is 1. The lowest BCUT2D eigenvalue weighted by molar-refractivity contribution is 0.0144. The minimum absolute atomic E-state index is 0.0144. The molecular weight excluding hydrogens is 564 g/mol. The van der Waals surface area contributed by atoms with Gasteiger partial charge in [-0.15, -0.1) is 0 Å². The third-order valence-electron chi connectivity index (χ3n) is 9.77. The van der Waals surface area contributed by atoms with Gasteiger partial charge in [0.05, 0.1) is 24.2 Å². The molecule has 0 bridgehead atoms. The summed E-state index contributed by atoms with van der Waals surface area (Å²) in [6.07, 6.45) is 6.88. The Labute approximate surface area is 260 Å². The molecule has 2 saturated heterocycles. The van der Waals surface area contributed by atoms with Gasteiger partial charge < -0.3 is 24.2 Å². The van der Waals surface area contributed by atoms with Gasteiger partial charge in [0, 0.05) is 41.7 Å². The van der Waals surface area contributed by atoms with Crippen LogP contribution >= 0.6 is 11.6 Å². The van der Waals surface area contributed by atoms with Crippen LogP contribution in [0.1, 0.15) is 75.3 Å². The van der Waals surface area contributed by atoms with E-state index in [0.29, 0.717) is 38.3 Å². The second-order valence-electron chi connectivity index (χ2n) is 13.7. The highest BCUT2D eigenvalue weighted by molar-refractivity contribution is 6.31. The summed E-state index contributed by atoms with van der Waals surface area (Å²) in [5.74, 6) is 0.880. The van der Waals surface area contributed by atoms with Crippen LogP contribution in [0.15, 0.2) is 18.2 Å². The molecule has 2 aliphatic heterocycles. The van der Waals surface area contributed by atoms with Crippen LogP contribution in [0.2, 0.25) is 5.02 Å². The van der Waals surface area contributed by atoms with Crippen molar-refractivity contribution in [2.24, 2.45) is 0 Å². The molecule has 230 valence electrons. The largest absolute Gasteiger partial charge is 0.462 e. The molecule has 2 fully saturated rings. The zero-order valence-electron chi connectivity index (χ0n) is 25.9. The van der Waals surface area contributed by atoms with E-state index >= 15 is 0 Å². The molecule has 43 heavy (non-hydrogen) atoms. The van der Waals surface area contributed by atoms with Crippen molar-refractivity contribution in [2.75, 3.05) is 44.7 Å². The summed E-state index contributed by atoms with van der Waals surface area (Å²) in [6.45, 7) is 8.78. The number of carbonyl (C=O) groups is 1. The van der Waals surface area contributed by atoms with E-state index in [-0.39, 0.29) is 24.0 Å².